The van der Waals surface area contributed by atoms with E-state index in [0.717, 1.165) is 5.56 Å². The van der Waals surface area contributed by atoms with Crippen molar-refractivity contribution in [2.45, 2.75) is 19.6 Å². The predicted molar refractivity (Wildman–Crippen MR) is 113 cm³/mol. The van der Waals surface area contributed by atoms with Crippen LogP contribution in [0.25, 0.3) is 10.3 Å². The van der Waals surface area contributed by atoms with E-state index in [0.29, 0.717) is 31.6 Å². The number of aromatic nitrogens is 3. The summed E-state index contributed by atoms with van der Waals surface area (Å²) in [7, 11) is 1.54. The molecule has 0 saturated carbocycles. The summed E-state index contributed by atoms with van der Waals surface area (Å²) < 4.78 is 9.21. The molecule has 0 unspecified atom stereocenters. The van der Waals surface area contributed by atoms with E-state index >= 15 is 0 Å². The Balaban J connectivity index is 1.78. The Morgan fingerprint density at radius 1 is 1.50 bits per heavy atom. The largest absolute Gasteiger partial charge is 0.496 e. The number of halogens is 1. The molecule has 28 heavy (non-hydrogen) atoms. The molecule has 7 nitrogen and oxygen atoms in total. The van der Waals surface area contributed by atoms with Gasteiger partial charge in [0.1, 0.15) is 23.3 Å². The minimum Gasteiger partial charge on any atom is -0.496 e. The lowest BCUT2D eigenvalue weighted by atomic mass is 10.2. The smallest absolute Gasteiger partial charge is 0.273 e. The summed E-state index contributed by atoms with van der Waals surface area (Å²) in [6.45, 7) is 4.22. The number of hydrogen-bond donors (Lipinski definition) is 1. The number of carbonyl (C=O) groups excluding carboxylic acids is 1. The summed E-state index contributed by atoms with van der Waals surface area (Å²) in [6, 6.07) is 5.16. The average Bonchev–Trinajstić information content (AvgIpc) is 2.99. The van der Waals surface area contributed by atoms with Crippen molar-refractivity contribution < 1.29 is 9.53 Å². The highest BCUT2D eigenvalue weighted by atomic mass is 35.5. The van der Waals surface area contributed by atoms with Gasteiger partial charge in [0.25, 0.3) is 5.56 Å². The molecule has 0 saturated heterocycles. The zero-order valence-electron chi connectivity index (χ0n) is 15.0. The third-order valence-electron chi connectivity index (χ3n) is 3.99. The Hall–Kier alpha value is -2.49. The molecule has 3 rings (SSSR count). The molecule has 146 valence electrons. The highest BCUT2D eigenvalue weighted by Crippen LogP contribution is 2.22. The maximum atomic E-state index is 12.7. The van der Waals surface area contributed by atoms with Crippen LogP contribution in [0.3, 0.4) is 0 Å². The van der Waals surface area contributed by atoms with Gasteiger partial charge in [-0.15, -0.1) is 6.58 Å². The number of nitrogens with one attached hydrogen (secondary N) is 1. The average molecular weight is 437 g/mol. The van der Waals surface area contributed by atoms with Gasteiger partial charge in [-0.3, -0.25) is 14.2 Å². The van der Waals surface area contributed by atoms with Crippen LogP contribution in [0.1, 0.15) is 5.56 Å². The summed E-state index contributed by atoms with van der Waals surface area (Å²) in [5.41, 5.74) is 0.934. The van der Waals surface area contributed by atoms with Crippen molar-refractivity contribution in [2.75, 3.05) is 7.11 Å². The third-order valence-corrected chi connectivity index (χ3v) is 5.65. The SMILES string of the molecule is C=CCn1c(=S)sc2c(=O)n(CC(=O)NCc3cc(Cl)ccc3OC)cnc21. The number of amides is 1. The number of rotatable bonds is 7. The van der Waals surface area contributed by atoms with Crippen LogP contribution in [0.4, 0.5) is 0 Å². The molecule has 0 bridgehead atoms. The first-order chi connectivity index (χ1) is 13.4. The molecule has 0 atom stereocenters. The fourth-order valence-corrected chi connectivity index (χ4v) is 4.17. The second-order valence-electron chi connectivity index (χ2n) is 5.83. The first-order valence-corrected chi connectivity index (χ1v) is 9.83. The van der Waals surface area contributed by atoms with E-state index in [1.807, 2.05) is 0 Å². The van der Waals surface area contributed by atoms with Crippen LogP contribution in [0.2, 0.25) is 5.02 Å². The molecule has 0 aliphatic rings. The Kier molecular flexibility index (Phi) is 6.28. The molecule has 10 heteroatoms. The van der Waals surface area contributed by atoms with Crippen molar-refractivity contribution in [3.8, 4) is 5.75 Å². The van der Waals surface area contributed by atoms with Gasteiger partial charge < -0.3 is 14.6 Å². The summed E-state index contributed by atoms with van der Waals surface area (Å²) in [5.74, 6) is 0.285. The molecular formula is C18H17ClN4O3S2. The van der Waals surface area contributed by atoms with Crippen molar-refractivity contribution in [1.29, 1.82) is 0 Å². The van der Waals surface area contributed by atoms with Gasteiger partial charge in [-0.2, -0.15) is 0 Å². The molecule has 3 aromatic rings. The second-order valence-corrected chi connectivity index (χ2v) is 7.91. The quantitative estimate of drug-likeness (QED) is 0.454. The molecule has 0 radical (unpaired) electrons. The Morgan fingerprint density at radius 3 is 3.00 bits per heavy atom. The van der Waals surface area contributed by atoms with E-state index in [1.165, 1.54) is 22.2 Å². The van der Waals surface area contributed by atoms with Crippen molar-refractivity contribution in [3.05, 3.63) is 62.1 Å². The summed E-state index contributed by atoms with van der Waals surface area (Å²) in [5, 5.41) is 3.30. The number of thiazole rings is 1. The number of fused-ring (bicyclic) bond motifs is 1. The molecule has 0 fully saturated rings. The van der Waals surface area contributed by atoms with Crippen LogP contribution in [0, 0.1) is 3.95 Å². The molecule has 0 aliphatic heterocycles. The Morgan fingerprint density at radius 2 is 2.29 bits per heavy atom. The van der Waals surface area contributed by atoms with Gasteiger partial charge in [-0.1, -0.05) is 29.0 Å². The molecule has 0 spiro atoms. The van der Waals surface area contributed by atoms with Gasteiger partial charge >= 0.3 is 0 Å². The maximum absolute atomic E-state index is 12.7. The molecule has 0 aliphatic carbocycles. The monoisotopic (exact) mass is 436 g/mol. The topological polar surface area (TPSA) is 78.2 Å². The summed E-state index contributed by atoms with van der Waals surface area (Å²) in [6.07, 6.45) is 3.04. The fourth-order valence-electron chi connectivity index (χ4n) is 2.66. The lowest BCUT2D eigenvalue weighted by Crippen LogP contribution is -2.32. The van der Waals surface area contributed by atoms with Gasteiger partial charge in [0.2, 0.25) is 5.91 Å². The van der Waals surface area contributed by atoms with Crippen LogP contribution in [-0.2, 0) is 24.4 Å². The maximum Gasteiger partial charge on any atom is 0.273 e. The van der Waals surface area contributed by atoms with E-state index < -0.39 is 0 Å². The number of ether oxygens (including phenoxy) is 1. The minimum atomic E-state index is -0.334. The number of hydrogen-bond acceptors (Lipinski definition) is 6. The van der Waals surface area contributed by atoms with Crippen LogP contribution in [0.15, 0.2) is 42.0 Å². The summed E-state index contributed by atoms with van der Waals surface area (Å²) >= 11 is 12.5. The molecule has 2 heterocycles. The van der Waals surface area contributed by atoms with Crippen LogP contribution in [-0.4, -0.2) is 27.1 Å². The van der Waals surface area contributed by atoms with Crippen LogP contribution in [0.5, 0.6) is 5.75 Å². The Labute approximate surface area is 174 Å². The first-order valence-electron chi connectivity index (χ1n) is 8.23. The summed E-state index contributed by atoms with van der Waals surface area (Å²) in [4.78, 5) is 29.3. The zero-order valence-corrected chi connectivity index (χ0v) is 17.4. The van der Waals surface area contributed by atoms with Crippen molar-refractivity contribution in [2.24, 2.45) is 0 Å². The van der Waals surface area contributed by atoms with Gasteiger partial charge in [0.05, 0.1) is 7.11 Å². The van der Waals surface area contributed by atoms with Gasteiger partial charge in [-0.05, 0) is 30.4 Å². The van der Waals surface area contributed by atoms with E-state index in [1.54, 1.807) is 36.0 Å². The normalized spacial score (nSPS) is 10.8. The third kappa shape index (κ3) is 4.16. The van der Waals surface area contributed by atoms with Crippen LogP contribution >= 0.6 is 35.2 Å². The predicted octanol–water partition coefficient (Wildman–Crippen LogP) is 3.15. The van der Waals surface area contributed by atoms with Gasteiger partial charge in [-0.25, -0.2) is 4.98 Å². The molecule has 1 aromatic carbocycles. The fraction of sp³-hybridized carbons (Fsp3) is 0.222. The van der Waals surface area contributed by atoms with Crippen molar-refractivity contribution >= 4 is 51.4 Å². The molecular weight excluding hydrogens is 420 g/mol. The van der Waals surface area contributed by atoms with E-state index in [2.05, 4.69) is 16.9 Å². The van der Waals surface area contributed by atoms with E-state index in [4.69, 9.17) is 28.6 Å². The van der Waals surface area contributed by atoms with E-state index in [9.17, 15) is 9.59 Å². The molecule has 1 N–H and O–H groups in total. The lowest BCUT2D eigenvalue weighted by Gasteiger charge is -2.11. The van der Waals surface area contributed by atoms with E-state index in [-0.39, 0.29) is 24.6 Å². The van der Waals surface area contributed by atoms with Gasteiger partial charge in [0.15, 0.2) is 9.60 Å². The minimum absolute atomic E-state index is 0.156. The lowest BCUT2D eigenvalue weighted by molar-refractivity contribution is -0.121. The number of nitrogens with zero attached hydrogens (tertiary/aromatic N) is 3. The number of benzene rings is 1. The second kappa shape index (κ2) is 8.68. The van der Waals surface area contributed by atoms with Crippen LogP contribution < -0.4 is 15.6 Å². The molecule has 2 aromatic heterocycles. The zero-order chi connectivity index (χ0) is 20.3. The number of carbonyl (C=O) groups is 1. The molecule has 1 amide bonds. The Bertz CT molecular complexity index is 1170. The number of methoxy groups -OCH3 is 1. The van der Waals surface area contributed by atoms with Gasteiger partial charge in [0, 0.05) is 23.7 Å². The van der Waals surface area contributed by atoms with Crippen molar-refractivity contribution in [1.82, 2.24) is 19.4 Å². The number of allylic oxidation sites excluding steroid dienone is 1. The standard InChI is InChI=1S/C18H17ClN4O3S2/c1-3-6-23-16-15(28-18(23)27)17(25)22(10-21-16)9-14(24)20-8-11-7-12(19)4-5-13(11)26-2/h3-5,7,10H,1,6,8-9H2,2H3,(H,20,24). The van der Waals surface area contributed by atoms with Crippen molar-refractivity contribution in [3.63, 3.8) is 0 Å². The highest BCUT2D eigenvalue weighted by molar-refractivity contribution is 7.73. The highest BCUT2D eigenvalue weighted by Gasteiger charge is 2.13. The first kappa shape index (κ1) is 20.2.